The van der Waals surface area contributed by atoms with E-state index in [0.29, 0.717) is 11.3 Å². The number of primary amides is 1. The molecule has 0 aromatic heterocycles. The van der Waals surface area contributed by atoms with Crippen LogP contribution >= 0.6 is 11.8 Å². The van der Waals surface area contributed by atoms with Crippen LogP contribution in [0.3, 0.4) is 0 Å². The third-order valence-corrected chi connectivity index (χ3v) is 5.92. The first-order valence-electron chi connectivity index (χ1n) is 11.5. The zero-order valence-electron chi connectivity index (χ0n) is 20.7. The Morgan fingerprint density at radius 3 is 1.95 bits per heavy atom. The molecule has 1 rings (SSSR count). The SMILES string of the molecule is CSCCC(NC(=O)C(CC(=O)O)NC(=O)C(N)Cc1ccc(O)cc1)C(=O)NC(CCC(N)=O)C(=O)O. The fourth-order valence-electron chi connectivity index (χ4n) is 3.23. The van der Waals surface area contributed by atoms with Crippen LogP contribution in [0.25, 0.3) is 0 Å². The lowest BCUT2D eigenvalue weighted by Crippen LogP contribution is -2.57. The number of benzene rings is 1. The van der Waals surface area contributed by atoms with E-state index in [2.05, 4.69) is 16.0 Å². The van der Waals surface area contributed by atoms with Crippen LogP contribution in [0.15, 0.2) is 24.3 Å². The molecular formula is C23H33N5O9S. The average molecular weight is 556 g/mol. The second-order valence-corrected chi connectivity index (χ2v) is 9.37. The molecule has 0 aliphatic heterocycles. The summed E-state index contributed by atoms with van der Waals surface area (Å²) in [5.41, 5.74) is 11.6. The van der Waals surface area contributed by atoms with E-state index in [9.17, 15) is 44.1 Å². The number of amides is 4. The van der Waals surface area contributed by atoms with Crippen molar-refractivity contribution < 1.29 is 44.1 Å². The first kappa shape index (κ1) is 32.2. The number of hydrogen-bond donors (Lipinski definition) is 8. The van der Waals surface area contributed by atoms with E-state index in [0.717, 1.165) is 0 Å². The molecule has 1 aromatic rings. The molecule has 4 atom stereocenters. The minimum absolute atomic E-state index is 0.0209. The molecule has 0 spiro atoms. The quantitative estimate of drug-likeness (QED) is 0.107. The van der Waals surface area contributed by atoms with Crippen LogP contribution in [-0.4, -0.2) is 87.1 Å². The number of rotatable bonds is 17. The van der Waals surface area contributed by atoms with Crippen molar-refractivity contribution in [1.29, 1.82) is 0 Å². The summed E-state index contributed by atoms with van der Waals surface area (Å²) >= 11 is 1.34. The van der Waals surface area contributed by atoms with E-state index < -0.39 is 66.2 Å². The van der Waals surface area contributed by atoms with Crippen LogP contribution in [0.5, 0.6) is 5.75 Å². The Balaban J connectivity index is 2.95. The summed E-state index contributed by atoms with van der Waals surface area (Å²) < 4.78 is 0. The standard InChI is InChI=1S/C23H33N5O9S/c1-38-9-8-15(21(34)27-16(23(36)37)6-7-18(25)30)26-22(35)17(11-19(31)32)28-20(33)14(24)10-12-2-4-13(29)5-3-12/h2-5,14-17,29H,6-11,24H2,1H3,(H2,25,30)(H,26,35)(H,27,34)(H,28,33)(H,31,32)(H,36,37). The smallest absolute Gasteiger partial charge is 0.326 e. The molecule has 1 aromatic carbocycles. The highest BCUT2D eigenvalue weighted by Gasteiger charge is 2.31. The lowest BCUT2D eigenvalue weighted by Gasteiger charge is -2.24. The predicted molar refractivity (Wildman–Crippen MR) is 137 cm³/mol. The monoisotopic (exact) mass is 555 g/mol. The molecule has 0 saturated heterocycles. The summed E-state index contributed by atoms with van der Waals surface area (Å²) in [7, 11) is 0. The zero-order valence-corrected chi connectivity index (χ0v) is 21.5. The van der Waals surface area contributed by atoms with E-state index in [-0.39, 0.29) is 31.4 Å². The van der Waals surface area contributed by atoms with Gasteiger partial charge in [-0.05, 0) is 49.0 Å². The van der Waals surface area contributed by atoms with Crippen LogP contribution < -0.4 is 27.4 Å². The van der Waals surface area contributed by atoms with Gasteiger partial charge in [0.15, 0.2) is 0 Å². The Bertz CT molecular complexity index is 1010. The third kappa shape index (κ3) is 11.9. The molecule has 4 unspecified atom stereocenters. The maximum atomic E-state index is 12.9. The highest BCUT2D eigenvalue weighted by molar-refractivity contribution is 7.98. The Morgan fingerprint density at radius 1 is 0.868 bits per heavy atom. The number of nitrogens with one attached hydrogen (secondary N) is 3. The summed E-state index contributed by atoms with van der Waals surface area (Å²) in [6.07, 6.45) is 0.471. The number of aliphatic carboxylic acids is 2. The van der Waals surface area contributed by atoms with Crippen molar-refractivity contribution in [2.45, 2.75) is 56.3 Å². The molecule has 0 radical (unpaired) electrons. The van der Waals surface area contributed by atoms with Gasteiger partial charge in [-0.15, -0.1) is 0 Å². The minimum Gasteiger partial charge on any atom is -0.508 e. The lowest BCUT2D eigenvalue weighted by atomic mass is 10.0. The topological polar surface area (TPSA) is 251 Å². The number of aromatic hydroxyl groups is 1. The summed E-state index contributed by atoms with van der Waals surface area (Å²) in [4.78, 5) is 72.2. The van der Waals surface area contributed by atoms with Gasteiger partial charge in [-0.25, -0.2) is 4.79 Å². The Labute approximate surface area is 222 Å². The maximum Gasteiger partial charge on any atom is 0.326 e. The molecule has 0 aliphatic rings. The second kappa shape index (κ2) is 16.1. The molecular weight excluding hydrogens is 522 g/mol. The van der Waals surface area contributed by atoms with Gasteiger partial charge in [0.2, 0.25) is 23.6 Å². The van der Waals surface area contributed by atoms with Crippen molar-refractivity contribution in [2.75, 3.05) is 12.0 Å². The Hall–Kier alpha value is -3.85. The van der Waals surface area contributed by atoms with Gasteiger partial charge >= 0.3 is 11.9 Å². The molecule has 0 fully saturated rings. The number of carbonyl (C=O) groups excluding carboxylic acids is 4. The van der Waals surface area contributed by atoms with Crippen molar-refractivity contribution in [3.63, 3.8) is 0 Å². The summed E-state index contributed by atoms with van der Waals surface area (Å²) in [6.45, 7) is 0. The van der Waals surface area contributed by atoms with E-state index >= 15 is 0 Å². The molecule has 0 bridgehead atoms. The van der Waals surface area contributed by atoms with Crippen molar-refractivity contribution >= 4 is 47.3 Å². The summed E-state index contributed by atoms with van der Waals surface area (Å²) in [5, 5.41) is 34.8. The van der Waals surface area contributed by atoms with Crippen LogP contribution in [0.4, 0.5) is 0 Å². The predicted octanol–water partition coefficient (Wildman–Crippen LogP) is -1.71. The minimum atomic E-state index is -1.58. The van der Waals surface area contributed by atoms with Gasteiger partial charge in [0.25, 0.3) is 0 Å². The Morgan fingerprint density at radius 2 is 1.42 bits per heavy atom. The largest absolute Gasteiger partial charge is 0.508 e. The average Bonchev–Trinajstić information content (AvgIpc) is 2.84. The van der Waals surface area contributed by atoms with E-state index in [1.54, 1.807) is 18.4 Å². The van der Waals surface area contributed by atoms with Crippen molar-refractivity contribution in [3.05, 3.63) is 29.8 Å². The summed E-state index contributed by atoms with van der Waals surface area (Å²) in [6, 6.07) is 0.466. The second-order valence-electron chi connectivity index (χ2n) is 8.38. The zero-order chi connectivity index (χ0) is 28.8. The fraction of sp³-hybridized carbons (Fsp3) is 0.478. The molecule has 0 heterocycles. The van der Waals surface area contributed by atoms with Crippen molar-refractivity contribution in [2.24, 2.45) is 11.5 Å². The summed E-state index contributed by atoms with van der Waals surface area (Å²) in [5.74, 6) is -5.84. The van der Waals surface area contributed by atoms with Gasteiger partial charge < -0.3 is 42.7 Å². The molecule has 14 nitrogen and oxygen atoms in total. The number of carbonyl (C=O) groups is 6. The van der Waals surface area contributed by atoms with Crippen molar-refractivity contribution in [3.8, 4) is 5.75 Å². The van der Waals surface area contributed by atoms with Gasteiger partial charge in [0, 0.05) is 6.42 Å². The molecule has 0 saturated carbocycles. The first-order valence-corrected chi connectivity index (χ1v) is 12.9. The van der Waals surface area contributed by atoms with Crippen LogP contribution in [0.1, 0.15) is 31.2 Å². The van der Waals surface area contributed by atoms with Gasteiger partial charge in [-0.2, -0.15) is 11.8 Å². The highest BCUT2D eigenvalue weighted by atomic mass is 32.2. The molecule has 38 heavy (non-hydrogen) atoms. The molecule has 0 aliphatic carbocycles. The third-order valence-electron chi connectivity index (χ3n) is 5.28. The van der Waals surface area contributed by atoms with Crippen molar-refractivity contribution in [1.82, 2.24) is 16.0 Å². The van der Waals surface area contributed by atoms with Crippen LogP contribution in [-0.2, 0) is 35.2 Å². The molecule has 210 valence electrons. The van der Waals surface area contributed by atoms with E-state index in [1.165, 1.54) is 23.9 Å². The number of phenols is 1. The van der Waals surface area contributed by atoms with Crippen LogP contribution in [0.2, 0.25) is 0 Å². The first-order chi connectivity index (χ1) is 17.8. The van der Waals surface area contributed by atoms with Crippen LogP contribution in [0, 0.1) is 0 Å². The van der Waals surface area contributed by atoms with Gasteiger partial charge in [0.1, 0.15) is 23.9 Å². The number of carboxylic acids is 2. The van der Waals surface area contributed by atoms with E-state index in [4.69, 9.17) is 11.5 Å². The molecule has 10 N–H and O–H groups in total. The van der Waals surface area contributed by atoms with E-state index in [1.807, 2.05) is 0 Å². The molecule has 15 heteroatoms. The molecule has 4 amide bonds. The van der Waals surface area contributed by atoms with Gasteiger partial charge in [-0.1, -0.05) is 12.1 Å². The van der Waals surface area contributed by atoms with Gasteiger partial charge in [0.05, 0.1) is 12.5 Å². The fourth-order valence-corrected chi connectivity index (χ4v) is 3.71. The lowest BCUT2D eigenvalue weighted by molar-refractivity contribution is -0.143. The maximum absolute atomic E-state index is 12.9. The highest BCUT2D eigenvalue weighted by Crippen LogP contribution is 2.11. The number of carboxylic acid groups (broad SMARTS) is 2. The number of hydrogen-bond acceptors (Lipinski definition) is 9. The number of phenolic OH excluding ortho intramolecular Hbond substituents is 1. The van der Waals surface area contributed by atoms with Gasteiger partial charge in [-0.3, -0.25) is 24.0 Å². The number of nitrogens with two attached hydrogens (primary N) is 2. The Kier molecular flexibility index (Phi) is 13.6. The number of thioether (sulfide) groups is 1. The normalized spacial score (nSPS) is 13.8.